The first-order chi connectivity index (χ1) is 6.86. The molecule has 0 radical (unpaired) electrons. The Kier molecular flexibility index (Phi) is 2.69. The van der Waals surface area contributed by atoms with Crippen LogP contribution in [0.2, 0.25) is 0 Å². The highest BCUT2D eigenvalue weighted by Crippen LogP contribution is 2.08. The molecule has 1 aliphatic heterocycles. The van der Waals surface area contributed by atoms with Crippen LogP contribution in [0.5, 0.6) is 0 Å². The van der Waals surface area contributed by atoms with E-state index in [1.54, 1.807) is 17.7 Å². The second-order valence-electron chi connectivity index (χ2n) is 2.72. The number of amides is 1. The third-order valence-electron chi connectivity index (χ3n) is 1.74. The number of carbonyl (C=O) groups is 1. The summed E-state index contributed by atoms with van der Waals surface area (Å²) in [5.41, 5.74) is 4.92. The Hall–Kier alpha value is -1.49. The molecule has 0 saturated carbocycles. The lowest BCUT2D eigenvalue weighted by Gasteiger charge is -2.10. The van der Waals surface area contributed by atoms with E-state index >= 15 is 0 Å². The van der Waals surface area contributed by atoms with Gasteiger partial charge in [-0.3, -0.25) is 10.2 Å². The average Bonchev–Trinajstić information content (AvgIpc) is 2.72. The van der Waals surface area contributed by atoms with Gasteiger partial charge < -0.3 is 5.32 Å². The lowest BCUT2D eigenvalue weighted by atomic mass is 10.2. The number of hydrogen-bond acceptors (Lipinski definition) is 4. The average molecular weight is 207 g/mol. The van der Waals surface area contributed by atoms with E-state index in [0.717, 1.165) is 0 Å². The monoisotopic (exact) mass is 207 g/mol. The molecule has 2 rings (SSSR count). The van der Waals surface area contributed by atoms with Crippen LogP contribution in [-0.2, 0) is 0 Å². The summed E-state index contributed by atoms with van der Waals surface area (Å²) in [4.78, 5) is 11.6. The summed E-state index contributed by atoms with van der Waals surface area (Å²) in [6.45, 7) is 0. The Labute approximate surface area is 85.8 Å². The third kappa shape index (κ3) is 2.05. The molecule has 1 unspecified atom stereocenters. The molecule has 4 nitrogen and oxygen atoms in total. The zero-order chi connectivity index (χ0) is 9.80. The Morgan fingerprint density at radius 2 is 2.21 bits per heavy atom. The molecule has 0 aliphatic carbocycles. The molecule has 1 aliphatic rings. The van der Waals surface area contributed by atoms with E-state index < -0.39 is 0 Å². The van der Waals surface area contributed by atoms with Gasteiger partial charge in [-0.25, -0.2) is 0 Å². The molecule has 1 aromatic carbocycles. The van der Waals surface area contributed by atoms with Crippen LogP contribution in [0.4, 0.5) is 0 Å². The van der Waals surface area contributed by atoms with Crippen molar-refractivity contribution >= 4 is 23.2 Å². The van der Waals surface area contributed by atoms with Gasteiger partial charge >= 0.3 is 0 Å². The molecule has 0 fully saturated rings. The molecule has 72 valence electrons. The zero-order valence-corrected chi connectivity index (χ0v) is 8.12. The Morgan fingerprint density at radius 1 is 1.43 bits per heavy atom. The Morgan fingerprint density at radius 3 is 2.86 bits per heavy atom. The quantitative estimate of drug-likeness (QED) is 0.760. The molecular weight excluding hydrogens is 198 g/mol. The Bertz CT molecular complexity index is 344. The van der Waals surface area contributed by atoms with Crippen LogP contribution in [-0.4, -0.2) is 17.0 Å². The number of thioether (sulfide) groups is 1. The van der Waals surface area contributed by atoms with E-state index in [9.17, 15) is 4.79 Å². The van der Waals surface area contributed by atoms with Gasteiger partial charge in [-0.05, 0) is 12.1 Å². The van der Waals surface area contributed by atoms with Crippen LogP contribution in [0.1, 0.15) is 10.4 Å². The van der Waals surface area contributed by atoms with Crippen molar-refractivity contribution in [2.45, 2.75) is 5.50 Å². The zero-order valence-electron chi connectivity index (χ0n) is 7.31. The van der Waals surface area contributed by atoms with Crippen LogP contribution < -0.4 is 10.7 Å². The minimum atomic E-state index is -0.150. The predicted octanol–water partition coefficient (Wildman–Crippen LogP) is 0.980. The summed E-state index contributed by atoms with van der Waals surface area (Å²) in [5, 5.41) is 6.57. The van der Waals surface area contributed by atoms with Crippen molar-refractivity contribution in [3.05, 3.63) is 35.9 Å². The number of nitrogens with zero attached hydrogens (tertiary/aromatic N) is 1. The second-order valence-corrected chi connectivity index (χ2v) is 3.67. The molecule has 1 amide bonds. The minimum Gasteiger partial charge on any atom is -0.322 e. The number of hydrogen-bond donors (Lipinski definition) is 2. The molecule has 1 atom stereocenters. The molecular formula is C9H9N3OS. The van der Waals surface area contributed by atoms with E-state index in [1.807, 2.05) is 18.2 Å². The molecule has 5 heteroatoms. The number of benzene rings is 1. The molecule has 14 heavy (non-hydrogen) atoms. The smallest absolute Gasteiger partial charge is 0.253 e. The molecule has 1 heterocycles. The van der Waals surface area contributed by atoms with Crippen LogP contribution in [0, 0.1) is 0 Å². The predicted molar refractivity (Wildman–Crippen MR) is 56.9 cm³/mol. The summed E-state index contributed by atoms with van der Waals surface area (Å²) in [5.74, 6) is -0.0962. The van der Waals surface area contributed by atoms with Gasteiger partial charge in [0.05, 0.1) is 5.55 Å². The standard InChI is InChI=1S/C9H9N3OS/c13-8(7-4-2-1-3-5-7)11-9-12-10-6-14-9/h1-6,9,12H,(H,11,13). The van der Waals surface area contributed by atoms with Gasteiger partial charge in [-0.15, -0.1) is 0 Å². The SMILES string of the molecule is O=C(NC1NN=CS1)c1ccccc1. The van der Waals surface area contributed by atoms with Crippen LogP contribution in [0.15, 0.2) is 35.4 Å². The molecule has 0 spiro atoms. The van der Waals surface area contributed by atoms with Gasteiger partial charge in [-0.2, -0.15) is 5.10 Å². The fourth-order valence-electron chi connectivity index (χ4n) is 1.08. The van der Waals surface area contributed by atoms with Gasteiger partial charge in [0.25, 0.3) is 5.91 Å². The topological polar surface area (TPSA) is 53.5 Å². The van der Waals surface area contributed by atoms with Gasteiger partial charge in [-0.1, -0.05) is 30.0 Å². The van der Waals surface area contributed by atoms with Crippen LogP contribution >= 0.6 is 11.8 Å². The number of carbonyl (C=O) groups excluding carboxylic acids is 1. The highest BCUT2D eigenvalue weighted by Gasteiger charge is 2.14. The van der Waals surface area contributed by atoms with Crippen molar-refractivity contribution in [1.29, 1.82) is 0 Å². The third-order valence-corrected chi connectivity index (χ3v) is 2.46. The number of nitrogens with one attached hydrogen (secondary N) is 2. The van der Waals surface area contributed by atoms with E-state index in [0.29, 0.717) is 5.56 Å². The molecule has 2 N–H and O–H groups in total. The Balaban J connectivity index is 1.96. The first-order valence-corrected chi connectivity index (χ1v) is 5.09. The minimum absolute atomic E-state index is 0.0962. The van der Waals surface area contributed by atoms with E-state index in [2.05, 4.69) is 15.8 Å². The molecule has 1 aromatic rings. The normalized spacial score (nSPS) is 19.0. The summed E-state index contributed by atoms with van der Waals surface area (Å²) in [7, 11) is 0. The van der Waals surface area contributed by atoms with Crippen molar-refractivity contribution in [3.63, 3.8) is 0 Å². The fraction of sp³-hybridized carbons (Fsp3) is 0.111. The summed E-state index contributed by atoms with van der Waals surface area (Å²) < 4.78 is 0. The highest BCUT2D eigenvalue weighted by atomic mass is 32.2. The fourth-order valence-corrected chi connectivity index (χ4v) is 1.62. The van der Waals surface area contributed by atoms with Crippen molar-refractivity contribution in [2.75, 3.05) is 0 Å². The molecule has 0 bridgehead atoms. The largest absolute Gasteiger partial charge is 0.322 e. The highest BCUT2D eigenvalue weighted by molar-refractivity contribution is 8.12. The van der Waals surface area contributed by atoms with E-state index in [1.165, 1.54) is 11.8 Å². The van der Waals surface area contributed by atoms with Crippen molar-refractivity contribution in [3.8, 4) is 0 Å². The first-order valence-electron chi connectivity index (χ1n) is 4.15. The van der Waals surface area contributed by atoms with Gasteiger partial charge in [0.1, 0.15) is 0 Å². The first kappa shape index (κ1) is 9.08. The lowest BCUT2D eigenvalue weighted by molar-refractivity contribution is 0.0946. The lowest BCUT2D eigenvalue weighted by Crippen LogP contribution is -2.38. The summed E-state index contributed by atoms with van der Waals surface area (Å²) in [6, 6.07) is 9.09. The maximum Gasteiger partial charge on any atom is 0.253 e. The van der Waals surface area contributed by atoms with Gasteiger partial charge in [0, 0.05) is 5.56 Å². The van der Waals surface area contributed by atoms with Crippen LogP contribution in [0.25, 0.3) is 0 Å². The van der Waals surface area contributed by atoms with Crippen LogP contribution in [0.3, 0.4) is 0 Å². The summed E-state index contributed by atoms with van der Waals surface area (Å²) >= 11 is 1.43. The molecule has 0 aromatic heterocycles. The number of hydrazone groups is 1. The maximum atomic E-state index is 11.6. The van der Waals surface area contributed by atoms with Crippen molar-refractivity contribution < 1.29 is 4.79 Å². The molecule has 0 saturated heterocycles. The van der Waals surface area contributed by atoms with Crippen molar-refractivity contribution in [1.82, 2.24) is 10.7 Å². The second kappa shape index (κ2) is 4.15. The summed E-state index contributed by atoms with van der Waals surface area (Å²) in [6.07, 6.45) is 0. The van der Waals surface area contributed by atoms with Gasteiger partial charge in [0.15, 0.2) is 5.50 Å². The number of rotatable bonds is 2. The van der Waals surface area contributed by atoms with E-state index in [-0.39, 0.29) is 11.4 Å². The van der Waals surface area contributed by atoms with E-state index in [4.69, 9.17) is 0 Å². The van der Waals surface area contributed by atoms with Gasteiger partial charge in [0.2, 0.25) is 0 Å². The van der Waals surface area contributed by atoms with Crippen molar-refractivity contribution in [2.24, 2.45) is 5.10 Å². The maximum absolute atomic E-state index is 11.6.